The Balaban J connectivity index is 1.32. The average Bonchev–Trinajstić information content (AvgIpc) is 3.60. The molecule has 40 heavy (non-hydrogen) atoms. The molecule has 2 aliphatic rings. The smallest absolute Gasteiger partial charge is 0.331 e. The van der Waals surface area contributed by atoms with E-state index < -0.39 is 0 Å². The summed E-state index contributed by atoms with van der Waals surface area (Å²) in [4.78, 5) is 49.8. The van der Waals surface area contributed by atoms with Gasteiger partial charge in [-0.25, -0.2) is 9.78 Å². The van der Waals surface area contributed by atoms with Crippen LogP contribution in [-0.2, 0) is 4.79 Å². The highest BCUT2D eigenvalue weighted by molar-refractivity contribution is 7.21. The first-order chi connectivity index (χ1) is 19.4. The second kappa shape index (κ2) is 10.1. The number of urea groups is 1. The molecule has 6 rings (SSSR count). The molecule has 0 saturated carbocycles. The molecule has 9 nitrogen and oxygen atoms in total. The third-order valence-electron chi connectivity index (χ3n) is 7.35. The lowest BCUT2D eigenvalue weighted by Gasteiger charge is -2.30. The van der Waals surface area contributed by atoms with Gasteiger partial charge in [-0.3, -0.25) is 14.5 Å². The first kappa shape index (κ1) is 25.6. The van der Waals surface area contributed by atoms with Gasteiger partial charge in [-0.2, -0.15) is 0 Å². The highest BCUT2D eigenvalue weighted by Gasteiger charge is 2.36. The maximum absolute atomic E-state index is 13.7. The maximum atomic E-state index is 13.7. The number of anilines is 3. The normalized spacial score (nSPS) is 16.1. The van der Waals surface area contributed by atoms with Crippen molar-refractivity contribution in [2.24, 2.45) is 0 Å². The van der Waals surface area contributed by atoms with Gasteiger partial charge in [-0.15, -0.1) is 11.3 Å². The molecule has 0 unspecified atom stereocenters. The highest BCUT2D eigenvalue weighted by atomic mass is 32.1. The number of carbonyl (C=O) groups is 3. The maximum Gasteiger partial charge on any atom is 0.331 e. The van der Waals surface area contributed by atoms with Gasteiger partial charge in [-0.05, 0) is 61.4 Å². The number of aryl methyl sites for hydroxylation is 1. The molecule has 2 aliphatic heterocycles. The summed E-state index contributed by atoms with van der Waals surface area (Å²) in [7, 11) is 1.74. The molecule has 10 heteroatoms. The van der Waals surface area contributed by atoms with Crippen molar-refractivity contribution in [1.29, 1.82) is 0 Å². The van der Waals surface area contributed by atoms with Gasteiger partial charge >= 0.3 is 6.03 Å². The third kappa shape index (κ3) is 4.36. The van der Waals surface area contributed by atoms with Crippen molar-refractivity contribution in [2.75, 3.05) is 30.4 Å². The van der Waals surface area contributed by atoms with Crippen molar-refractivity contribution in [2.45, 2.75) is 19.4 Å². The standard InChI is InChI=1S/C30H27N5O4S/c1-4-24(36)34-15-13-19(17-34)33(3)29(37)27-26-25-23(12-14-31-28(25)40-27)35(30(38)32-26)22-11-10-21(16-18(22)2)39-20-8-6-5-7-9-20/h4-12,14,16,19H,1,13,15,17H2,2-3H3,(H,32,38)/t19-/m1/s1. The van der Waals surface area contributed by atoms with E-state index in [0.29, 0.717) is 52.0 Å². The van der Waals surface area contributed by atoms with Crippen LogP contribution in [0.2, 0.25) is 0 Å². The van der Waals surface area contributed by atoms with Crippen LogP contribution in [0.15, 0.2) is 73.4 Å². The summed E-state index contributed by atoms with van der Waals surface area (Å²) >= 11 is 1.26. The number of hydrogen-bond donors (Lipinski definition) is 1. The van der Waals surface area contributed by atoms with E-state index in [1.165, 1.54) is 17.4 Å². The Bertz CT molecular complexity index is 1670. The fourth-order valence-electron chi connectivity index (χ4n) is 5.25. The van der Waals surface area contributed by atoms with Crippen molar-refractivity contribution in [3.05, 3.63) is 83.9 Å². The molecule has 4 heterocycles. The number of ether oxygens (including phenoxy) is 1. The number of likely N-dealkylation sites (tertiary alicyclic amines) is 1. The number of thiophene rings is 1. The van der Waals surface area contributed by atoms with Crippen LogP contribution in [0.5, 0.6) is 11.5 Å². The second-order valence-electron chi connectivity index (χ2n) is 9.79. The van der Waals surface area contributed by atoms with Gasteiger partial charge < -0.3 is 19.9 Å². The van der Waals surface area contributed by atoms with Gasteiger partial charge in [0.2, 0.25) is 5.91 Å². The molecule has 2 aromatic heterocycles. The Kier molecular flexibility index (Phi) is 6.47. The summed E-state index contributed by atoms with van der Waals surface area (Å²) in [5, 5.41) is 3.69. The highest BCUT2D eigenvalue weighted by Crippen LogP contribution is 2.47. The molecule has 4 amide bonds. The first-order valence-corrected chi connectivity index (χ1v) is 13.7. The Hall–Kier alpha value is -4.70. The molecule has 0 aliphatic carbocycles. The number of benzene rings is 2. The summed E-state index contributed by atoms with van der Waals surface area (Å²) in [6, 6.07) is 16.4. The molecule has 1 atom stereocenters. The number of nitrogens with zero attached hydrogens (tertiary/aromatic N) is 4. The van der Waals surface area contributed by atoms with Crippen LogP contribution in [0.25, 0.3) is 10.2 Å². The van der Waals surface area contributed by atoms with Crippen LogP contribution in [-0.4, -0.2) is 58.8 Å². The molecule has 1 saturated heterocycles. The Morgan fingerprint density at radius 2 is 1.95 bits per heavy atom. The zero-order chi connectivity index (χ0) is 28.0. The van der Waals surface area contributed by atoms with E-state index in [0.717, 1.165) is 16.7 Å². The second-order valence-corrected chi connectivity index (χ2v) is 10.8. The molecular weight excluding hydrogens is 526 g/mol. The lowest BCUT2D eigenvalue weighted by atomic mass is 10.1. The molecule has 1 fully saturated rings. The predicted octanol–water partition coefficient (Wildman–Crippen LogP) is 5.94. The van der Waals surface area contributed by atoms with E-state index in [4.69, 9.17) is 4.74 Å². The van der Waals surface area contributed by atoms with E-state index in [-0.39, 0.29) is 23.9 Å². The summed E-state index contributed by atoms with van der Waals surface area (Å²) < 4.78 is 5.97. The third-order valence-corrected chi connectivity index (χ3v) is 8.43. The van der Waals surface area contributed by atoms with Crippen molar-refractivity contribution < 1.29 is 19.1 Å². The number of pyridine rings is 1. The van der Waals surface area contributed by atoms with E-state index in [1.807, 2.05) is 55.5 Å². The minimum absolute atomic E-state index is 0.128. The van der Waals surface area contributed by atoms with Gasteiger partial charge in [0.05, 0.1) is 28.5 Å². The molecule has 1 N–H and O–H groups in total. The number of aromatic nitrogens is 1. The van der Waals surface area contributed by atoms with Gasteiger partial charge in [0.15, 0.2) is 0 Å². The fourth-order valence-corrected chi connectivity index (χ4v) is 6.36. The summed E-state index contributed by atoms with van der Waals surface area (Å²) in [6.45, 7) is 6.49. The van der Waals surface area contributed by atoms with Crippen LogP contribution in [0.3, 0.4) is 0 Å². The van der Waals surface area contributed by atoms with Gasteiger partial charge in [-0.1, -0.05) is 24.8 Å². The molecule has 0 bridgehead atoms. The van der Waals surface area contributed by atoms with Gasteiger partial charge in [0.25, 0.3) is 5.91 Å². The fraction of sp³-hybridized carbons (Fsp3) is 0.200. The van der Waals surface area contributed by atoms with Gasteiger partial charge in [0, 0.05) is 26.3 Å². The number of carbonyl (C=O) groups excluding carboxylic acids is 3. The van der Waals surface area contributed by atoms with E-state index in [2.05, 4.69) is 16.9 Å². The Labute approximate surface area is 235 Å². The van der Waals surface area contributed by atoms with Gasteiger partial charge in [0.1, 0.15) is 21.2 Å². The van der Waals surface area contributed by atoms with Crippen LogP contribution >= 0.6 is 11.3 Å². The number of rotatable bonds is 6. The molecule has 202 valence electrons. The van der Waals surface area contributed by atoms with Crippen molar-refractivity contribution in [3.63, 3.8) is 0 Å². The van der Waals surface area contributed by atoms with Crippen LogP contribution < -0.4 is 15.0 Å². The quantitative estimate of drug-likeness (QED) is 0.298. The topological polar surface area (TPSA) is 95.1 Å². The molecule has 4 aromatic rings. The monoisotopic (exact) mass is 553 g/mol. The molecule has 0 spiro atoms. The van der Waals surface area contributed by atoms with Crippen LogP contribution in [0.4, 0.5) is 21.9 Å². The Morgan fingerprint density at radius 1 is 1.15 bits per heavy atom. The number of likely N-dealkylation sites (N-methyl/N-ethyl adjacent to an activating group) is 1. The summed E-state index contributed by atoms with van der Waals surface area (Å²) in [6.07, 6.45) is 3.62. The summed E-state index contributed by atoms with van der Waals surface area (Å²) in [5.74, 6) is 1.03. The zero-order valence-corrected chi connectivity index (χ0v) is 22.9. The predicted molar refractivity (Wildman–Crippen MR) is 156 cm³/mol. The lowest BCUT2D eigenvalue weighted by molar-refractivity contribution is -0.125. The lowest BCUT2D eigenvalue weighted by Crippen LogP contribution is -2.40. The van der Waals surface area contributed by atoms with Crippen LogP contribution in [0.1, 0.15) is 21.7 Å². The minimum Gasteiger partial charge on any atom is -0.457 e. The molecular formula is C30H27N5O4S. The zero-order valence-electron chi connectivity index (χ0n) is 22.1. The molecule has 0 radical (unpaired) electrons. The largest absolute Gasteiger partial charge is 0.457 e. The number of amides is 4. The van der Waals surface area contributed by atoms with Crippen molar-refractivity contribution >= 4 is 56.5 Å². The molecule has 2 aromatic carbocycles. The van der Waals surface area contributed by atoms with Crippen molar-refractivity contribution in [1.82, 2.24) is 14.8 Å². The number of hydrogen-bond acceptors (Lipinski definition) is 6. The average molecular weight is 554 g/mol. The summed E-state index contributed by atoms with van der Waals surface area (Å²) in [5.41, 5.74) is 2.68. The Morgan fingerprint density at radius 3 is 2.70 bits per heavy atom. The van der Waals surface area contributed by atoms with E-state index in [1.54, 1.807) is 34.0 Å². The number of para-hydroxylation sites is 1. The van der Waals surface area contributed by atoms with Crippen LogP contribution in [0, 0.1) is 6.92 Å². The first-order valence-electron chi connectivity index (χ1n) is 12.9. The van der Waals surface area contributed by atoms with Crippen molar-refractivity contribution in [3.8, 4) is 11.5 Å². The number of nitrogens with one attached hydrogen (secondary N) is 1. The SMILES string of the molecule is C=CC(=O)N1CC[C@@H](N(C)C(=O)c2sc3nccc4c3c2NC(=O)N4c2ccc(Oc3ccccc3)cc2C)C1. The van der Waals surface area contributed by atoms with E-state index in [9.17, 15) is 14.4 Å². The minimum atomic E-state index is -0.362. The van der Waals surface area contributed by atoms with E-state index >= 15 is 0 Å².